The van der Waals surface area contributed by atoms with Crippen molar-refractivity contribution in [2.75, 3.05) is 25.5 Å². The van der Waals surface area contributed by atoms with E-state index in [1.807, 2.05) is 25.1 Å². The summed E-state index contributed by atoms with van der Waals surface area (Å²) < 4.78 is 0. The van der Waals surface area contributed by atoms with E-state index in [0.29, 0.717) is 31.2 Å². The van der Waals surface area contributed by atoms with Crippen molar-refractivity contribution in [1.82, 2.24) is 15.5 Å². The summed E-state index contributed by atoms with van der Waals surface area (Å²) in [5.74, 6) is -2.63. The van der Waals surface area contributed by atoms with Gasteiger partial charge in [-0.15, -0.1) is 0 Å². The number of aldehydes is 1. The number of hydrogen-bond donors (Lipinski definition) is 3. The molecule has 0 spiro atoms. The standard InChI is InChI=1S/C21H28N4O6/c1-13(22-19(29)14-6-4-7-16(10-14)24(2)3)21(31)25-9-5-8-17(25)20(30)23-15(12-26)11-18(27)28/h4,6-7,10,12-13,15,17H,5,8-9,11H2,1-3H3,(H,22,29)(H,23,30)(H,27,28)/t13-,15-,17-/m0/s1. The topological polar surface area (TPSA) is 136 Å². The van der Waals surface area contributed by atoms with Gasteiger partial charge in [0.25, 0.3) is 5.91 Å². The van der Waals surface area contributed by atoms with Crippen molar-refractivity contribution in [2.24, 2.45) is 0 Å². The second kappa shape index (κ2) is 10.6. The third-order valence-electron chi connectivity index (χ3n) is 5.07. The number of nitrogens with one attached hydrogen (secondary N) is 2. The molecule has 10 nitrogen and oxygen atoms in total. The minimum absolute atomic E-state index is 0.331. The van der Waals surface area contributed by atoms with Gasteiger partial charge in [-0.2, -0.15) is 0 Å². The molecule has 168 valence electrons. The number of carboxylic acid groups (broad SMARTS) is 1. The van der Waals surface area contributed by atoms with Crippen LogP contribution in [0.15, 0.2) is 24.3 Å². The van der Waals surface area contributed by atoms with Crippen LogP contribution in [0.4, 0.5) is 5.69 Å². The molecule has 1 aliphatic heterocycles. The fourth-order valence-corrected chi connectivity index (χ4v) is 3.42. The number of amides is 3. The van der Waals surface area contributed by atoms with Gasteiger partial charge in [0.1, 0.15) is 18.4 Å². The van der Waals surface area contributed by atoms with Crippen molar-refractivity contribution in [3.05, 3.63) is 29.8 Å². The summed E-state index contributed by atoms with van der Waals surface area (Å²) in [5, 5.41) is 13.8. The summed E-state index contributed by atoms with van der Waals surface area (Å²) in [7, 11) is 3.71. The van der Waals surface area contributed by atoms with Gasteiger partial charge in [-0.3, -0.25) is 19.2 Å². The first-order valence-corrected chi connectivity index (χ1v) is 10.00. The highest BCUT2D eigenvalue weighted by Crippen LogP contribution is 2.19. The molecule has 1 saturated heterocycles. The zero-order valence-corrected chi connectivity index (χ0v) is 17.8. The molecular weight excluding hydrogens is 404 g/mol. The molecule has 0 radical (unpaired) electrons. The van der Waals surface area contributed by atoms with Crippen LogP contribution in [0.1, 0.15) is 36.5 Å². The molecule has 1 aromatic rings. The van der Waals surface area contributed by atoms with Crippen LogP contribution >= 0.6 is 0 Å². The van der Waals surface area contributed by atoms with Gasteiger partial charge in [0.2, 0.25) is 11.8 Å². The largest absolute Gasteiger partial charge is 0.481 e. The zero-order chi connectivity index (χ0) is 23.1. The Kier molecular flexibility index (Phi) is 8.12. The smallest absolute Gasteiger partial charge is 0.305 e. The van der Waals surface area contributed by atoms with E-state index in [1.165, 1.54) is 4.90 Å². The average molecular weight is 432 g/mol. The molecule has 0 aliphatic carbocycles. The van der Waals surface area contributed by atoms with E-state index in [0.717, 1.165) is 5.69 Å². The summed E-state index contributed by atoms with van der Waals surface area (Å²) in [6.07, 6.45) is 0.800. The third kappa shape index (κ3) is 6.27. The Morgan fingerprint density at radius 1 is 1.26 bits per heavy atom. The summed E-state index contributed by atoms with van der Waals surface area (Å²) in [5.41, 5.74) is 1.25. The predicted octanol–water partition coefficient (Wildman–Crippen LogP) is 0.0203. The molecule has 0 unspecified atom stereocenters. The molecule has 3 amide bonds. The molecule has 1 heterocycles. The number of likely N-dealkylation sites (tertiary alicyclic amines) is 1. The first-order chi connectivity index (χ1) is 14.6. The van der Waals surface area contributed by atoms with Crippen LogP contribution in [0, 0.1) is 0 Å². The first-order valence-electron chi connectivity index (χ1n) is 10.00. The number of carboxylic acids is 1. The van der Waals surface area contributed by atoms with E-state index in [2.05, 4.69) is 10.6 Å². The highest BCUT2D eigenvalue weighted by Gasteiger charge is 2.37. The summed E-state index contributed by atoms with van der Waals surface area (Å²) in [6, 6.07) is 4.11. The molecule has 3 N–H and O–H groups in total. The molecule has 0 saturated carbocycles. The molecule has 1 fully saturated rings. The number of aliphatic carboxylic acids is 1. The molecule has 0 aromatic heterocycles. The van der Waals surface area contributed by atoms with Gasteiger partial charge >= 0.3 is 5.97 Å². The quantitative estimate of drug-likeness (QED) is 0.468. The normalized spacial score (nSPS) is 17.4. The van der Waals surface area contributed by atoms with E-state index in [9.17, 15) is 24.0 Å². The number of anilines is 1. The van der Waals surface area contributed by atoms with Crippen molar-refractivity contribution in [3.63, 3.8) is 0 Å². The van der Waals surface area contributed by atoms with Crippen molar-refractivity contribution in [3.8, 4) is 0 Å². The van der Waals surface area contributed by atoms with Crippen LogP contribution in [0.3, 0.4) is 0 Å². The Morgan fingerprint density at radius 3 is 2.58 bits per heavy atom. The molecule has 1 aromatic carbocycles. The van der Waals surface area contributed by atoms with E-state index >= 15 is 0 Å². The van der Waals surface area contributed by atoms with E-state index in [4.69, 9.17) is 5.11 Å². The monoisotopic (exact) mass is 432 g/mol. The Morgan fingerprint density at radius 2 is 1.97 bits per heavy atom. The number of carbonyl (C=O) groups is 5. The lowest BCUT2D eigenvalue weighted by Gasteiger charge is -2.28. The van der Waals surface area contributed by atoms with Gasteiger partial charge in [0.15, 0.2) is 0 Å². The Balaban J connectivity index is 2.02. The molecule has 1 aliphatic rings. The fourth-order valence-electron chi connectivity index (χ4n) is 3.42. The number of hydrogen-bond acceptors (Lipinski definition) is 6. The van der Waals surface area contributed by atoms with Crippen molar-refractivity contribution < 1.29 is 29.1 Å². The minimum atomic E-state index is -1.22. The highest BCUT2D eigenvalue weighted by atomic mass is 16.4. The Bertz CT molecular complexity index is 856. The molecule has 0 bridgehead atoms. The summed E-state index contributed by atoms with van der Waals surface area (Å²) in [4.78, 5) is 63.0. The number of benzene rings is 1. The third-order valence-corrected chi connectivity index (χ3v) is 5.07. The van der Waals surface area contributed by atoms with Gasteiger partial charge in [0.05, 0.1) is 12.5 Å². The Labute approximate surface area is 180 Å². The SMILES string of the molecule is C[C@H](NC(=O)c1cccc(N(C)C)c1)C(=O)N1CCC[C@H]1C(=O)N[C@H](C=O)CC(=O)O. The maximum atomic E-state index is 12.9. The van der Waals surface area contributed by atoms with Crippen LogP contribution in [-0.4, -0.2) is 78.7 Å². The van der Waals surface area contributed by atoms with Crippen molar-refractivity contribution >= 4 is 35.7 Å². The van der Waals surface area contributed by atoms with E-state index in [1.54, 1.807) is 25.1 Å². The Hall–Kier alpha value is -3.43. The molecular formula is C21H28N4O6. The maximum absolute atomic E-state index is 12.9. The zero-order valence-electron chi connectivity index (χ0n) is 17.8. The first kappa shape index (κ1) is 23.8. The van der Waals surface area contributed by atoms with Gasteiger partial charge in [-0.05, 0) is 38.0 Å². The van der Waals surface area contributed by atoms with Gasteiger partial charge < -0.3 is 30.3 Å². The van der Waals surface area contributed by atoms with Crippen molar-refractivity contribution in [2.45, 2.75) is 44.3 Å². The number of rotatable bonds is 9. The van der Waals surface area contributed by atoms with E-state index < -0.39 is 48.2 Å². The van der Waals surface area contributed by atoms with Gasteiger partial charge in [-0.25, -0.2) is 0 Å². The van der Waals surface area contributed by atoms with Crippen LogP contribution in [-0.2, 0) is 19.2 Å². The molecule has 10 heteroatoms. The minimum Gasteiger partial charge on any atom is -0.481 e. The van der Waals surface area contributed by atoms with Gasteiger partial charge in [0, 0.05) is 31.9 Å². The van der Waals surface area contributed by atoms with Crippen LogP contribution in [0.2, 0.25) is 0 Å². The lowest BCUT2D eigenvalue weighted by molar-refractivity contribution is -0.141. The lowest BCUT2D eigenvalue weighted by atomic mass is 10.1. The van der Waals surface area contributed by atoms with Crippen LogP contribution in [0.5, 0.6) is 0 Å². The fraction of sp³-hybridized carbons (Fsp3) is 0.476. The molecule has 31 heavy (non-hydrogen) atoms. The van der Waals surface area contributed by atoms with Crippen LogP contribution < -0.4 is 15.5 Å². The second-order valence-corrected chi connectivity index (χ2v) is 7.68. The summed E-state index contributed by atoms with van der Waals surface area (Å²) in [6.45, 7) is 1.87. The molecule has 3 atom stereocenters. The lowest BCUT2D eigenvalue weighted by Crippen LogP contribution is -2.54. The van der Waals surface area contributed by atoms with Crippen LogP contribution in [0.25, 0.3) is 0 Å². The average Bonchev–Trinajstić information content (AvgIpc) is 3.22. The predicted molar refractivity (Wildman–Crippen MR) is 113 cm³/mol. The van der Waals surface area contributed by atoms with Gasteiger partial charge in [-0.1, -0.05) is 6.07 Å². The highest BCUT2D eigenvalue weighted by molar-refractivity contribution is 5.99. The second-order valence-electron chi connectivity index (χ2n) is 7.68. The summed E-state index contributed by atoms with van der Waals surface area (Å²) >= 11 is 0. The number of carbonyl (C=O) groups excluding carboxylic acids is 4. The van der Waals surface area contributed by atoms with Crippen molar-refractivity contribution in [1.29, 1.82) is 0 Å². The molecule has 2 rings (SSSR count). The number of nitrogens with zero attached hydrogens (tertiary/aromatic N) is 2. The van der Waals surface area contributed by atoms with E-state index in [-0.39, 0.29) is 0 Å². The maximum Gasteiger partial charge on any atom is 0.305 e.